The summed E-state index contributed by atoms with van der Waals surface area (Å²) in [5.41, 5.74) is 4.86. The van der Waals surface area contributed by atoms with Crippen LogP contribution in [-0.4, -0.2) is 36.4 Å². The molecule has 0 amide bonds. The highest BCUT2D eigenvalue weighted by atomic mass is 127. The Morgan fingerprint density at radius 3 is 2.67 bits per heavy atom. The Morgan fingerprint density at radius 1 is 1.10 bits per heavy atom. The first-order valence-corrected chi connectivity index (χ1v) is 9.81. The molecule has 0 atom stereocenters. The van der Waals surface area contributed by atoms with Gasteiger partial charge in [0, 0.05) is 32.5 Å². The maximum Gasteiger partial charge on any atom is 0.191 e. The highest BCUT2D eigenvalue weighted by molar-refractivity contribution is 14.0. The topological polar surface area (TPSA) is 63.5 Å². The highest BCUT2D eigenvalue weighted by Crippen LogP contribution is 2.19. The Morgan fingerprint density at radius 2 is 1.93 bits per heavy atom. The van der Waals surface area contributed by atoms with Gasteiger partial charge in [0.05, 0.1) is 13.7 Å². The van der Waals surface area contributed by atoms with E-state index < -0.39 is 0 Å². The van der Waals surface area contributed by atoms with Crippen molar-refractivity contribution in [2.45, 2.75) is 26.4 Å². The normalized spacial score (nSPS) is 11.0. The number of nitrogens with one attached hydrogen (secondary N) is 2. The average Bonchev–Trinajstić information content (AvgIpc) is 3.24. The highest BCUT2D eigenvalue weighted by Gasteiger charge is 2.05. The molecule has 30 heavy (non-hydrogen) atoms. The summed E-state index contributed by atoms with van der Waals surface area (Å²) in [7, 11) is 3.50. The van der Waals surface area contributed by atoms with Crippen molar-refractivity contribution < 1.29 is 4.74 Å². The lowest BCUT2D eigenvalue weighted by molar-refractivity contribution is 0.409. The number of nitrogens with zero attached hydrogens (tertiary/aromatic N) is 3. The lowest BCUT2D eigenvalue weighted by Gasteiger charge is -2.14. The molecule has 2 aromatic carbocycles. The van der Waals surface area contributed by atoms with Crippen LogP contribution in [0.4, 0.5) is 0 Å². The van der Waals surface area contributed by atoms with Gasteiger partial charge in [-0.3, -0.25) is 9.67 Å². The molecule has 0 aliphatic heterocycles. The number of guanidine groups is 1. The summed E-state index contributed by atoms with van der Waals surface area (Å²) < 4.78 is 7.38. The van der Waals surface area contributed by atoms with Crippen LogP contribution in [0.5, 0.6) is 5.75 Å². The average molecular weight is 519 g/mol. The number of methoxy groups -OCH3 is 1. The van der Waals surface area contributed by atoms with Gasteiger partial charge in [-0.1, -0.05) is 42.0 Å². The molecule has 0 radical (unpaired) electrons. The molecule has 0 aliphatic carbocycles. The van der Waals surface area contributed by atoms with E-state index in [9.17, 15) is 0 Å². The van der Waals surface area contributed by atoms with E-state index in [0.717, 1.165) is 31.2 Å². The fraction of sp³-hybridized carbons (Fsp3) is 0.304. The van der Waals surface area contributed by atoms with Crippen molar-refractivity contribution in [1.82, 2.24) is 20.4 Å². The van der Waals surface area contributed by atoms with Crippen molar-refractivity contribution in [3.63, 3.8) is 0 Å². The Balaban J connectivity index is 0.00000320. The van der Waals surface area contributed by atoms with Gasteiger partial charge in [-0.05, 0) is 42.2 Å². The molecular formula is C23H30IN5O. The standard InChI is InChI=1S/C23H29N5O.HI/c1-18-8-9-22(29-3)21(14-18)10-12-25-23(24-2)26-16-19-6-4-7-20(15-19)17-28-13-5-11-27-28;/h4-9,11,13-15H,10,12,16-17H2,1-3H3,(H2,24,25,26);1H. The van der Waals surface area contributed by atoms with Gasteiger partial charge in [0.25, 0.3) is 0 Å². The first-order valence-electron chi connectivity index (χ1n) is 9.81. The first-order chi connectivity index (χ1) is 14.2. The third-order valence-electron chi connectivity index (χ3n) is 4.70. The zero-order chi connectivity index (χ0) is 20.5. The van der Waals surface area contributed by atoms with Crippen LogP contribution in [0.25, 0.3) is 0 Å². The van der Waals surface area contributed by atoms with Gasteiger partial charge in [0.2, 0.25) is 0 Å². The summed E-state index contributed by atoms with van der Waals surface area (Å²) in [6.07, 6.45) is 4.64. The second kappa shape index (κ2) is 12.2. The second-order valence-corrected chi connectivity index (χ2v) is 6.94. The number of ether oxygens (including phenoxy) is 1. The molecule has 7 heteroatoms. The molecule has 0 saturated carbocycles. The van der Waals surface area contributed by atoms with Gasteiger partial charge in [-0.25, -0.2) is 0 Å². The molecule has 6 nitrogen and oxygen atoms in total. The third kappa shape index (κ3) is 7.05. The Labute approximate surface area is 195 Å². The van der Waals surface area contributed by atoms with Crippen LogP contribution in [-0.2, 0) is 19.5 Å². The number of hydrogen-bond acceptors (Lipinski definition) is 3. The maximum atomic E-state index is 5.46. The number of hydrogen-bond donors (Lipinski definition) is 2. The van der Waals surface area contributed by atoms with E-state index in [4.69, 9.17) is 4.74 Å². The van der Waals surface area contributed by atoms with Crippen LogP contribution in [0, 0.1) is 6.92 Å². The van der Waals surface area contributed by atoms with Gasteiger partial charge in [-0.2, -0.15) is 5.10 Å². The zero-order valence-electron chi connectivity index (χ0n) is 17.8. The number of halogens is 1. The van der Waals surface area contributed by atoms with Crippen molar-refractivity contribution in [2.75, 3.05) is 20.7 Å². The predicted octanol–water partition coefficient (Wildman–Crippen LogP) is 3.77. The molecule has 0 spiro atoms. The molecule has 1 aromatic heterocycles. The Hall–Kier alpha value is -2.55. The van der Waals surface area contributed by atoms with Crippen LogP contribution in [0.2, 0.25) is 0 Å². The summed E-state index contributed by atoms with van der Waals surface area (Å²) in [5.74, 6) is 1.71. The van der Waals surface area contributed by atoms with E-state index in [-0.39, 0.29) is 24.0 Å². The van der Waals surface area contributed by atoms with E-state index in [0.29, 0.717) is 6.54 Å². The molecule has 1 heterocycles. The third-order valence-corrected chi connectivity index (χ3v) is 4.70. The first kappa shape index (κ1) is 23.7. The summed E-state index contributed by atoms with van der Waals surface area (Å²) >= 11 is 0. The molecule has 0 fully saturated rings. The lowest BCUT2D eigenvalue weighted by atomic mass is 10.1. The Kier molecular flexibility index (Phi) is 9.66. The van der Waals surface area contributed by atoms with E-state index in [1.165, 1.54) is 22.3 Å². The number of aryl methyl sites for hydroxylation is 1. The second-order valence-electron chi connectivity index (χ2n) is 6.94. The van der Waals surface area contributed by atoms with Gasteiger partial charge >= 0.3 is 0 Å². The van der Waals surface area contributed by atoms with Crippen LogP contribution in [0.15, 0.2) is 65.9 Å². The summed E-state index contributed by atoms with van der Waals surface area (Å²) in [5, 5.41) is 11.0. The zero-order valence-corrected chi connectivity index (χ0v) is 20.1. The molecule has 2 N–H and O–H groups in total. The van der Waals surface area contributed by atoms with Crippen molar-refractivity contribution in [3.8, 4) is 5.75 Å². The Bertz CT molecular complexity index is 941. The smallest absolute Gasteiger partial charge is 0.191 e. The van der Waals surface area contributed by atoms with Crippen molar-refractivity contribution >= 4 is 29.9 Å². The van der Waals surface area contributed by atoms with Gasteiger partial charge in [-0.15, -0.1) is 24.0 Å². The molecule has 0 unspecified atom stereocenters. The molecule has 0 aliphatic rings. The monoisotopic (exact) mass is 519 g/mol. The molecular weight excluding hydrogens is 489 g/mol. The van der Waals surface area contributed by atoms with E-state index in [2.05, 4.69) is 64.0 Å². The fourth-order valence-corrected chi connectivity index (χ4v) is 3.24. The van der Waals surface area contributed by atoms with Crippen LogP contribution in [0.1, 0.15) is 22.3 Å². The summed E-state index contributed by atoms with van der Waals surface area (Å²) in [6, 6.07) is 16.7. The SMILES string of the molecule is CN=C(NCCc1cc(C)ccc1OC)NCc1cccc(Cn2cccn2)c1.I. The minimum Gasteiger partial charge on any atom is -0.496 e. The van der Waals surface area contributed by atoms with Gasteiger partial charge < -0.3 is 15.4 Å². The van der Waals surface area contributed by atoms with E-state index in [1.54, 1.807) is 20.4 Å². The van der Waals surface area contributed by atoms with Crippen LogP contribution >= 0.6 is 24.0 Å². The molecule has 3 aromatic rings. The number of aromatic nitrogens is 2. The van der Waals surface area contributed by atoms with E-state index >= 15 is 0 Å². The van der Waals surface area contributed by atoms with Gasteiger partial charge in [0.1, 0.15) is 5.75 Å². The largest absolute Gasteiger partial charge is 0.496 e. The van der Waals surface area contributed by atoms with Gasteiger partial charge in [0.15, 0.2) is 5.96 Å². The molecule has 3 rings (SSSR count). The minimum atomic E-state index is 0. The predicted molar refractivity (Wildman–Crippen MR) is 133 cm³/mol. The number of benzene rings is 2. The van der Waals surface area contributed by atoms with Crippen molar-refractivity contribution in [3.05, 3.63) is 83.2 Å². The van der Waals surface area contributed by atoms with Crippen molar-refractivity contribution in [1.29, 1.82) is 0 Å². The summed E-state index contributed by atoms with van der Waals surface area (Å²) in [4.78, 5) is 4.33. The fourth-order valence-electron chi connectivity index (χ4n) is 3.24. The number of aliphatic imine (C=N–C) groups is 1. The minimum absolute atomic E-state index is 0. The van der Waals surface area contributed by atoms with Crippen LogP contribution < -0.4 is 15.4 Å². The quantitative estimate of drug-likeness (QED) is 0.270. The van der Waals surface area contributed by atoms with E-state index in [1.807, 2.05) is 23.0 Å². The maximum absolute atomic E-state index is 5.46. The number of rotatable bonds is 8. The van der Waals surface area contributed by atoms with Crippen molar-refractivity contribution in [2.24, 2.45) is 4.99 Å². The molecule has 0 saturated heterocycles. The molecule has 0 bridgehead atoms. The lowest BCUT2D eigenvalue weighted by Crippen LogP contribution is -2.37. The van der Waals surface area contributed by atoms with Crippen LogP contribution in [0.3, 0.4) is 0 Å². The summed E-state index contributed by atoms with van der Waals surface area (Å²) in [6.45, 7) is 4.35. The molecule has 160 valence electrons.